The first-order valence-electron chi connectivity index (χ1n) is 8.33. The molecule has 0 amide bonds. The van der Waals surface area contributed by atoms with Crippen LogP contribution < -0.4 is 0 Å². The van der Waals surface area contributed by atoms with Crippen molar-refractivity contribution in [2.24, 2.45) is 5.92 Å². The highest BCUT2D eigenvalue weighted by Crippen LogP contribution is 2.14. The lowest BCUT2D eigenvalue weighted by atomic mass is 10.0. The SMILES string of the molecule is CCCC(OC(=O)CCC(=O)OCc1ccc(C)cc1)C(C)C. The maximum atomic E-state index is 11.8. The largest absolute Gasteiger partial charge is 0.462 e. The normalized spacial score (nSPS) is 12.0. The van der Waals surface area contributed by atoms with Crippen molar-refractivity contribution >= 4 is 11.9 Å². The molecule has 0 saturated heterocycles. The van der Waals surface area contributed by atoms with E-state index in [1.165, 1.54) is 0 Å². The molecule has 23 heavy (non-hydrogen) atoms. The van der Waals surface area contributed by atoms with Crippen molar-refractivity contribution in [1.29, 1.82) is 0 Å². The van der Waals surface area contributed by atoms with Gasteiger partial charge in [-0.2, -0.15) is 0 Å². The number of carbonyl (C=O) groups is 2. The number of hydrogen-bond donors (Lipinski definition) is 0. The fourth-order valence-electron chi connectivity index (χ4n) is 2.17. The van der Waals surface area contributed by atoms with Crippen molar-refractivity contribution < 1.29 is 19.1 Å². The van der Waals surface area contributed by atoms with Gasteiger partial charge in [0.05, 0.1) is 12.8 Å². The Balaban J connectivity index is 2.29. The monoisotopic (exact) mass is 320 g/mol. The van der Waals surface area contributed by atoms with Gasteiger partial charge in [0.1, 0.15) is 12.7 Å². The Morgan fingerprint density at radius 3 is 2.22 bits per heavy atom. The van der Waals surface area contributed by atoms with Crippen molar-refractivity contribution in [2.75, 3.05) is 0 Å². The Kier molecular flexibility index (Phi) is 8.38. The number of hydrogen-bond acceptors (Lipinski definition) is 4. The Morgan fingerprint density at radius 1 is 1.04 bits per heavy atom. The Morgan fingerprint density at radius 2 is 1.65 bits per heavy atom. The smallest absolute Gasteiger partial charge is 0.306 e. The van der Waals surface area contributed by atoms with Crippen LogP contribution in [0.4, 0.5) is 0 Å². The van der Waals surface area contributed by atoms with Gasteiger partial charge in [0, 0.05) is 0 Å². The van der Waals surface area contributed by atoms with Gasteiger partial charge >= 0.3 is 11.9 Å². The topological polar surface area (TPSA) is 52.6 Å². The first-order chi connectivity index (χ1) is 10.9. The minimum absolute atomic E-state index is 0.0572. The zero-order valence-electron chi connectivity index (χ0n) is 14.6. The fraction of sp³-hybridized carbons (Fsp3) is 0.579. The number of rotatable bonds is 9. The first kappa shape index (κ1) is 19.2. The van der Waals surface area contributed by atoms with Crippen LogP contribution in [-0.4, -0.2) is 18.0 Å². The molecule has 1 atom stereocenters. The lowest BCUT2D eigenvalue weighted by Crippen LogP contribution is -2.24. The van der Waals surface area contributed by atoms with Crippen molar-refractivity contribution in [1.82, 2.24) is 0 Å². The molecule has 128 valence electrons. The summed E-state index contributed by atoms with van der Waals surface area (Å²) in [4.78, 5) is 23.5. The second kappa shape index (κ2) is 10.0. The molecular formula is C19H28O4. The zero-order valence-corrected chi connectivity index (χ0v) is 14.6. The molecule has 0 aromatic heterocycles. The molecule has 4 nitrogen and oxygen atoms in total. The average molecular weight is 320 g/mol. The molecule has 1 aromatic rings. The lowest BCUT2D eigenvalue weighted by molar-refractivity contribution is -0.156. The van der Waals surface area contributed by atoms with Gasteiger partial charge in [-0.3, -0.25) is 9.59 Å². The molecule has 0 heterocycles. The molecule has 4 heteroatoms. The maximum absolute atomic E-state index is 11.8. The van der Waals surface area contributed by atoms with Crippen LogP contribution in [0, 0.1) is 12.8 Å². The molecule has 0 aliphatic heterocycles. The van der Waals surface area contributed by atoms with Crippen molar-refractivity contribution in [3.05, 3.63) is 35.4 Å². The fourth-order valence-corrected chi connectivity index (χ4v) is 2.17. The molecule has 0 aliphatic carbocycles. The van der Waals surface area contributed by atoms with E-state index < -0.39 is 0 Å². The van der Waals surface area contributed by atoms with Gasteiger partial charge in [0.25, 0.3) is 0 Å². The maximum Gasteiger partial charge on any atom is 0.306 e. The van der Waals surface area contributed by atoms with E-state index in [0.717, 1.165) is 24.0 Å². The number of carbonyl (C=O) groups excluding carboxylic acids is 2. The van der Waals surface area contributed by atoms with Gasteiger partial charge < -0.3 is 9.47 Å². The molecule has 0 spiro atoms. The second-order valence-electron chi connectivity index (χ2n) is 6.21. The summed E-state index contributed by atoms with van der Waals surface area (Å²) in [5, 5.41) is 0. The van der Waals surface area contributed by atoms with E-state index in [4.69, 9.17) is 9.47 Å². The minimum atomic E-state index is -0.376. The van der Waals surface area contributed by atoms with Gasteiger partial charge in [-0.1, -0.05) is 57.0 Å². The highest BCUT2D eigenvalue weighted by atomic mass is 16.5. The van der Waals surface area contributed by atoms with E-state index in [1.54, 1.807) is 0 Å². The zero-order chi connectivity index (χ0) is 17.2. The van der Waals surface area contributed by atoms with Crippen LogP contribution >= 0.6 is 0 Å². The Labute approximate surface area is 139 Å². The van der Waals surface area contributed by atoms with Gasteiger partial charge in [0.2, 0.25) is 0 Å². The van der Waals surface area contributed by atoms with Crippen molar-refractivity contribution in [3.8, 4) is 0 Å². The van der Waals surface area contributed by atoms with Crippen LogP contribution in [-0.2, 0) is 25.7 Å². The van der Waals surface area contributed by atoms with E-state index >= 15 is 0 Å². The first-order valence-corrected chi connectivity index (χ1v) is 8.33. The van der Waals surface area contributed by atoms with Gasteiger partial charge in [-0.05, 0) is 24.8 Å². The van der Waals surface area contributed by atoms with Gasteiger partial charge in [-0.15, -0.1) is 0 Å². The standard InChI is InChI=1S/C19H28O4/c1-5-6-17(14(2)3)23-19(21)12-11-18(20)22-13-16-9-7-15(4)8-10-16/h7-10,14,17H,5-6,11-13H2,1-4H3. The summed E-state index contributed by atoms with van der Waals surface area (Å²) in [6, 6.07) is 7.80. The molecule has 1 rings (SSSR count). The van der Waals surface area contributed by atoms with Crippen LogP contribution in [0.15, 0.2) is 24.3 Å². The van der Waals surface area contributed by atoms with Crippen molar-refractivity contribution in [3.63, 3.8) is 0 Å². The summed E-state index contributed by atoms with van der Waals surface area (Å²) in [7, 11) is 0. The molecule has 1 aromatic carbocycles. The van der Waals surface area contributed by atoms with E-state index in [-0.39, 0.29) is 43.4 Å². The Bertz CT molecular complexity index is 491. The van der Waals surface area contributed by atoms with Crippen LogP contribution in [0.1, 0.15) is 57.6 Å². The summed E-state index contributed by atoms with van der Waals surface area (Å²) in [6.07, 6.45) is 1.87. The third-order valence-electron chi connectivity index (χ3n) is 3.65. The lowest BCUT2D eigenvalue weighted by Gasteiger charge is -2.20. The summed E-state index contributed by atoms with van der Waals surface area (Å²) >= 11 is 0. The number of benzene rings is 1. The highest BCUT2D eigenvalue weighted by Gasteiger charge is 2.18. The molecule has 0 bridgehead atoms. The molecule has 0 radical (unpaired) electrons. The third kappa shape index (κ3) is 7.82. The van der Waals surface area contributed by atoms with Gasteiger partial charge in [-0.25, -0.2) is 0 Å². The molecule has 1 unspecified atom stereocenters. The summed E-state index contributed by atoms with van der Waals surface area (Å²) in [5.74, 6) is -0.420. The molecular weight excluding hydrogens is 292 g/mol. The number of aryl methyl sites for hydroxylation is 1. The van der Waals surface area contributed by atoms with Crippen LogP contribution in [0.2, 0.25) is 0 Å². The number of esters is 2. The quantitative estimate of drug-likeness (QED) is 0.640. The summed E-state index contributed by atoms with van der Waals surface area (Å²) in [5.41, 5.74) is 2.10. The van der Waals surface area contributed by atoms with Crippen molar-refractivity contribution in [2.45, 2.75) is 66.1 Å². The Hall–Kier alpha value is -1.84. The third-order valence-corrected chi connectivity index (χ3v) is 3.65. The van der Waals surface area contributed by atoms with Crippen LogP contribution in [0.25, 0.3) is 0 Å². The molecule has 0 aliphatic rings. The molecule has 0 fully saturated rings. The minimum Gasteiger partial charge on any atom is -0.462 e. The van der Waals surface area contributed by atoms with Gasteiger partial charge in [0.15, 0.2) is 0 Å². The average Bonchev–Trinajstić information content (AvgIpc) is 2.52. The van der Waals surface area contributed by atoms with E-state index in [1.807, 2.05) is 45.0 Å². The predicted molar refractivity (Wildman–Crippen MR) is 89.8 cm³/mol. The van der Waals surface area contributed by atoms with Crippen LogP contribution in [0.3, 0.4) is 0 Å². The van der Waals surface area contributed by atoms with Crippen LogP contribution in [0.5, 0.6) is 0 Å². The highest BCUT2D eigenvalue weighted by molar-refractivity contribution is 5.77. The second-order valence-corrected chi connectivity index (χ2v) is 6.21. The molecule has 0 N–H and O–H groups in total. The molecule has 0 saturated carbocycles. The van der Waals surface area contributed by atoms with E-state index in [0.29, 0.717) is 0 Å². The summed E-state index contributed by atoms with van der Waals surface area (Å²) < 4.78 is 10.6. The summed E-state index contributed by atoms with van der Waals surface area (Å²) in [6.45, 7) is 8.36. The van der Waals surface area contributed by atoms with E-state index in [9.17, 15) is 9.59 Å². The number of ether oxygens (including phenoxy) is 2. The van der Waals surface area contributed by atoms with E-state index in [2.05, 4.69) is 6.92 Å². The predicted octanol–water partition coefficient (Wildman–Crippen LogP) is 4.19.